The second kappa shape index (κ2) is 15.2. The number of hydrogen-bond donors (Lipinski definition) is 2. The maximum Gasteiger partial charge on any atom is 0.325 e. The Morgan fingerprint density at radius 2 is 1.58 bits per heavy atom. The fraction of sp³-hybridized carbons (Fsp3) is 0.447. The van der Waals surface area contributed by atoms with Gasteiger partial charge in [-0.25, -0.2) is 22.4 Å². The number of nitrogens with zero attached hydrogens (tertiary/aromatic N) is 8. The Hall–Kier alpha value is -5.27. The van der Waals surface area contributed by atoms with Gasteiger partial charge in [0.1, 0.15) is 29.6 Å². The number of aromatic nitrogens is 4. The predicted octanol–water partition coefficient (Wildman–Crippen LogP) is 5.10. The van der Waals surface area contributed by atoms with Gasteiger partial charge in [-0.3, -0.25) is 14.9 Å². The maximum absolute atomic E-state index is 16.1. The molecule has 302 valence electrons. The number of halogens is 4. The van der Waals surface area contributed by atoms with Crippen LogP contribution in [-0.2, 0) is 6.54 Å². The van der Waals surface area contributed by atoms with Gasteiger partial charge >= 0.3 is 6.03 Å². The van der Waals surface area contributed by atoms with E-state index in [9.17, 15) is 18.8 Å². The zero-order valence-corrected chi connectivity index (χ0v) is 32.7. The van der Waals surface area contributed by atoms with Gasteiger partial charge in [0.2, 0.25) is 10.6 Å². The molecular formula is C38H42F4N10O4S. The maximum atomic E-state index is 16.1. The van der Waals surface area contributed by atoms with Gasteiger partial charge in [0.25, 0.3) is 0 Å². The Kier molecular flexibility index (Phi) is 10.3. The molecule has 5 heterocycles. The molecule has 3 aromatic heterocycles. The number of carbonyl (C=O) groups is 1. The van der Waals surface area contributed by atoms with E-state index in [0.717, 1.165) is 36.8 Å². The molecule has 2 amide bonds. The minimum atomic E-state index is -0.955. The minimum Gasteiger partial charge on any atom is -0.492 e. The molecule has 0 radical (unpaired) electrons. The molecule has 1 atom stereocenters. The smallest absolute Gasteiger partial charge is 0.325 e. The molecule has 0 spiro atoms. The number of hydrogen-bond acceptors (Lipinski definition) is 11. The number of urea groups is 1. The highest BCUT2D eigenvalue weighted by atomic mass is 32.1. The van der Waals surface area contributed by atoms with Gasteiger partial charge in [-0.2, -0.15) is 0 Å². The van der Waals surface area contributed by atoms with Crippen LogP contribution in [-0.4, -0.2) is 115 Å². The van der Waals surface area contributed by atoms with Gasteiger partial charge in [-0.15, -0.1) is 10.2 Å². The van der Waals surface area contributed by atoms with Crippen LogP contribution in [0.2, 0.25) is 0 Å². The van der Waals surface area contributed by atoms with Crippen molar-refractivity contribution in [2.24, 2.45) is 0 Å². The van der Waals surface area contributed by atoms with Crippen LogP contribution in [0.15, 0.2) is 34.1 Å². The molecule has 1 unspecified atom stereocenters. The molecule has 3 aliphatic rings. The molecule has 1 saturated carbocycles. The number of carbonyl (C=O) groups excluding carboxylic acids is 1. The number of piperazine rings is 2. The molecule has 5 aromatic rings. The molecule has 2 aromatic carbocycles. The van der Waals surface area contributed by atoms with Crippen LogP contribution in [0.1, 0.15) is 25.8 Å². The zero-order chi connectivity index (χ0) is 40.3. The minimum absolute atomic E-state index is 0.00341. The zero-order valence-electron chi connectivity index (χ0n) is 31.9. The Bertz CT molecular complexity index is 2520. The molecule has 2 aliphatic heterocycles. The fourth-order valence-electron chi connectivity index (χ4n) is 7.76. The number of fused-ring (bicyclic) bond motifs is 2. The van der Waals surface area contributed by atoms with Crippen molar-refractivity contribution in [1.29, 1.82) is 0 Å². The van der Waals surface area contributed by atoms with Gasteiger partial charge in [0.05, 0.1) is 41.0 Å². The number of nitrogens with one attached hydrogen (secondary N) is 2. The van der Waals surface area contributed by atoms with E-state index in [4.69, 9.17) is 4.74 Å². The van der Waals surface area contributed by atoms with Crippen molar-refractivity contribution < 1.29 is 27.1 Å². The molecule has 2 N–H and O–H groups in total. The number of methoxy groups -OCH3 is 1. The molecule has 8 rings (SSSR count). The van der Waals surface area contributed by atoms with E-state index in [1.165, 1.54) is 30.1 Å². The highest BCUT2D eigenvalue weighted by Crippen LogP contribution is 2.44. The summed E-state index contributed by atoms with van der Waals surface area (Å²) in [5.41, 5.74) is -1.35. The number of benzene rings is 2. The van der Waals surface area contributed by atoms with Gasteiger partial charge in [-0.05, 0) is 46.0 Å². The first-order valence-electron chi connectivity index (χ1n) is 18.8. The number of ether oxygens (including phenoxy) is 1. The third-order valence-electron chi connectivity index (χ3n) is 11.1. The summed E-state index contributed by atoms with van der Waals surface area (Å²) in [7, 11) is 5.38. The van der Waals surface area contributed by atoms with Crippen LogP contribution in [0.3, 0.4) is 0 Å². The number of alkyl halides is 1. The summed E-state index contributed by atoms with van der Waals surface area (Å²) < 4.78 is 70.3. The molecule has 14 nitrogen and oxygen atoms in total. The number of pyridine rings is 2. The van der Waals surface area contributed by atoms with E-state index in [0.29, 0.717) is 44.8 Å². The van der Waals surface area contributed by atoms with Crippen molar-refractivity contribution >= 4 is 61.4 Å². The Morgan fingerprint density at radius 1 is 0.895 bits per heavy atom. The summed E-state index contributed by atoms with van der Waals surface area (Å²) in [6.45, 7) is 4.64. The van der Waals surface area contributed by atoms with E-state index >= 15 is 13.2 Å². The van der Waals surface area contributed by atoms with Crippen LogP contribution in [0.5, 0.6) is 5.75 Å². The fourth-order valence-corrected chi connectivity index (χ4v) is 8.51. The van der Waals surface area contributed by atoms with Crippen LogP contribution in [0, 0.1) is 17.5 Å². The Labute approximate surface area is 328 Å². The Balaban J connectivity index is 1.08. The summed E-state index contributed by atoms with van der Waals surface area (Å²) in [6.07, 6.45) is 4.41. The van der Waals surface area contributed by atoms with Gasteiger partial charge < -0.3 is 38.8 Å². The largest absolute Gasteiger partial charge is 0.492 e. The molecule has 19 heteroatoms. The van der Waals surface area contributed by atoms with Crippen molar-refractivity contribution in [3.63, 3.8) is 0 Å². The number of amides is 2. The molecular weight excluding hydrogens is 769 g/mol. The molecule has 0 bridgehead atoms. The van der Waals surface area contributed by atoms with E-state index in [-0.39, 0.29) is 73.4 Å². The molecule has 57 heavy (non-hydrogen) atoms. The second-order valence-corrected chi connectivity index (χ2v) is 15.9. The molecule has 1 aliphatic carbocycles. The van der Waals surface area contributed by atoms with Gasteiger partial charge in [-0.1, -0.05) is 11.3 Å². The number of rotatable bonds is 9. The number of aryl methyl sites for hydroxylation is 1. The van der Waals surface area contributed by atoms with Crippen LogP contribution >= 0.6 is 11.3 Å². The molecule has 2 saturated heterocycles. The van der Waals surface area contributed by atoms with E-state index < -0.39 is 41.0 Å². The third-order valence-corrected chi connectivity index (χ3v) is 12.0. The average Bonchev–Trinajstić information content (AvgIpc) is 3.93. The number of likely N-dealkylation sites (N-methyl/N-ethyl adjacent to an activating group) is 2. The van der Waals surface area contributed by atoms with Crippen molar-refractivity contribution in [3.8, 4) is 16.3 Å². The molecule has 3 fully saturated rings. The Morgan fingerprint density at radius 3 is 2.25 bits per heavy atom. The van der Waals surface area contributed by atoms with Crippen molar-refractivity contribution in [1.82, 2.24) is 29.1 Å². The number of anilines is 4. The summed E-state index contributed by atoms with van der Waals surface area (Å²) in [4.78, 5) is 48.7. The SMILES string of the molecule is COc1c(N2CCN(C)C(C)C2)c(F)cc2c(=O)c(NC(=O)Nc3nnc(-c4cn(CCF)c5c(F)c(N6CCN(C)CC6)c(F)cc5c4=O)s3)cn(C3CC3)c12. The van der Waals surface area contributed by atoms with Crippen molar-refractivity contribution in [2.75, 3.05) is 94.1 Å². The third kappa shape index (κ3) is 7.05. The highest BCUT2D eigenvalue weighted by Gasteiger charge is 2.33. The quantitative estimate of drug-likeness (QED) is 0.194. The lowest BCUT2D eigenvalue weighted by Gasteiger charge is -2.39. The van der Waals surface area contributed by atoms with Crippen LogP contribution < -0.4 is 36.0 Å². The lowest BCUT2D eigenvalue weighted by atomic mass is 10.1. The first-order valence-corrected chi connectivity index (χ1v) is 19.6. The highest BCUT2D eigenvalue weighted by molar-refractivity contribution is 7.18. The van der Waals surface area contributed by atoms with Crippen molar-refractivity contribution in [2.45, 2.75) is 38.4 Å². The standard InChI is InChI=1S/C38H42F4N10O4S/c1-20-17-51(14-11-48(20)3)32-26(41)16-23-30(35(32)56-4)52(21-5-6-21)19-27(34(23)54)43-37(55)44-38-46-45-36(57-38)24-18-50(8-7-39)29-22(33(24)53)15-25(40)31(28(29)42)49-12-9-47(2)10-13-49/h15-16,18-21H,5-14,17H2,1-4H3,(H2,43,44,46,55). The van der Waals surface area contributed by atoms with E-state index in [1.807, 2.05) is 28.5 Å². The average molecular weight is 811 g/mol. The van der Waals surface area contributed by atoms with Gasteiger partial charge in [0, 0.05) is 70.3 Å². The summed E-state index contributed by atoms with van der Waals surface area (Å²) >= 11 is 0.797. The topological polar surface area (TPSA) is 133 Å². The summed E-state index contributed by atoms with van der Waals surface area (Å²) in [5.74, 6) is -2.23. The normalized spacial score (nSPS) is 18.1. The first kappa shape index (κ1) is 38.6. The lowest BCUT2D eigenvalue weighted by molar-refractivity contribution is 0.232. The van der Waals surface area contributed by atoms with E-state index in [1.54, 1.807) is 4.90 Å². The lowest BCUT2D eigenvalue weighted by Crippen LogP contribution is -2.50. The van der Waals surface area contributed by atoms with E-state index in [2.05, 4.69) is 32.7 Å². The summed E-state index contributed by atoms with van der Waals surface area (Å²) in [5, 5.41) is 12.8. The second-order valence-electron chi connectivity index (χ2n) is 14.9. The van der Waals surface area contributed by atoms with Crippen molar-refractivity contribution in [3.05, 3.63) is 62.4 Å². The van der Waals surface area contributed by atoms with Crippen LogP contribution in [0.25, 0.3) is 32.4 Å². The van der Waals surface area contributed by atoms with Gasteiger partial charge in [0.15, 0.2) is 27.8 Å². The first-order chi connectivity index (χ1) is 27.4. The predicted molar refractivity (Wildman–Crippen MR) is 213 cm³/mol. The summed E-state index contributed by atoms with van der Waals surface area (Å²) in [6, 6.07) is 1.47. The monoisotopic (exact) mass is 810 g/mol. The van der Waals surface area contributed by atoms with Crippen LogP contribution in [0.4, 0.5) is 44.5 Å².